The number of likely N-dealkylation sites (tertiary alicyclic amines) is 1. The predicted octanol–water partition coefficient (Wildman–Crippen LogP) is 3.45. The second kappa shape index (κ2) is 9.61. The van der Waals surface area contributed by atoms with E-state index in [1.54, 1.807) is 0 Å². The Labute approximate surface area is 163 Å². The summed E-state index contributed by atoms with van der Waals surface area (Å²) in [5.74, 6) is 1.41. The molecule has 1 saturated carbocycles. The van der Waals surface area contributed by atoms with Gasteiger partial charge in [0.05, 0.1) is 12.6 Å². The lowest BCUT2D eigenvalue weighted by Crippen LogP contribution is -2.38. The van der Waals surface area contributed by atoms with E-state index in [-0.39, 0.29) is 24.0 Å². The standard InChI is InChI=1S/C19H30N4.HI/c1-15-7-9-17(10-8-15)18(23-11-2-3-12-23)14-22-19(20)21-13-16-5-4-6-16;/h7-10,16,18H,2-6,11-14H2,1H3,(H3,20,21,22);1H. The molecule has 5 heteroatoms. The number of aliphatic imine (C=N–C) groups is 1. The molecule has 0 amide bonds. The van der Waals surface area contributed by atoms with Gasteiger partial charge in [-0.15, -0.1) is 24.0 Å². The lowest BCUT2D eigenvalue weighted by Gasteiger charge is -2.27. The largest absolute Gasteiger partial charge is 0.370 e. The number of hydrogen-bond donors (Lipinski definition) is 2. The van der Waals surface area contributed by atoms with Gasteiger partial charge in [-0.25, -0.2) is 0 Å². The van der Waals surface area contributed by atoms with Gasteiger partial charge in [-0.05, 0) is 57.2 Å². The van der Waals surface area contributed by atoms with Crippen molar-refractivity contribution in [3.8, 4) is 0 Å². The number of halogens is 1. The highest BCUT2D eigenvalue weighted by molar-refractivity contribution is 14.0. The van der Waals surface area contributed by atoms with Crippen molar-refractivity contribution >= 4 is 29.9 Å². The zero-order valence-electron chi connectivity index (χ0n) is 14.7. The van der Waals surface area contributed by atoms with Crippen LogP contribution in [0, 0.1) is 12.8 Å². The van der Waals surface area contributed by atoms with Crippen molar-refractivity contribution < 1.29 is 0 Å². The van der Waals surface area contributed by atoms with Crippen molar-refractivity contribution in [3.63, 3.8) is 0 Å². The molecule has 2 aliphatic rings. The molecule has 1 aromatic carbocycles. The highest BCUT2D eigenvalue weighted by Crippen LogP contribution is 2.26. The van der Waals surface area contributed by atoms with Gasteiger partial charge < -0.3 is 11.1 Å². The summed E-state index contributed by atoms with van der Waals surface area (Å²) < 4.78 is 0. The summed E-state index contributed by atoms with van der Waals surface area (Å²) >= 11 is 0. The molecule has 1 heterocycles. The average Bonchev–Trinajstić information content (AvgIpc) is 3.02. The first-order valence-corrected chi connectivity index (χ1v) is 9.07. The number of rotatable bonds is 6. The van der Waals surface area contributed by atoms with Crippen LogP contribution in [0.5, 0.6) is 0 Å². The molecule has 0 radical (unpaired) electrons. The SMILES string of the molecule is Cc1ccc(C(CN=C(N)NCC2CCC2)N2CCCC2)cc1.I. The van der Waals surface area contributed by atoms with Crippen LogP contribution in [0.4, 0.5) is 0 Å². The number of benzene rings is 1. The van der Waals surface area contributed by atoms with Gasteiger partial charge in [0, 0.05) is 6.54 Å². The lowest BCUT2D eigenvalue weighted by molar-refractivity contribution is 0.251. The molecule has 134 valence electrons. The molecule has 0 spiro atoms. The van der Waals surface area contributed by atoms with Gasteiger partial charge in [0.2, 0.25) is 0 Å². The molecule has 1 unspecified atom stereocenters. The first kappa shape index (κ1) is 19.5. The third-order valence-corrected chi connectivity index (χ3v) is 5.27. The molecule has 3 N–H and O–H groups in total. The third kappa shape index (κ3) is 5.34. The van der Waals surface area contributed by atoms with Gasteiger partial charge in [-0.3, -0.25) is 9.89 Å². The summed E-state index contributed by atoms with van der Waals surface area (Å²) in [7, 11) is 0. The van der Waals surface area contributed by atoms with E-state index < -0.39 is 0 Å². The van der Waals surface area contributed by atoms with E-state index in [2.05, 4.69) is 46.4 Å². The Balaban J connectivity index is 0.00000208. The third-order valence-electron chi connectivity index (χ3n) is 5.27. The summed E-state index contributed by atoms with van der Waals surface area (Å²) in [5.41, 5.74) is 8.73. The topological polar surface area (TPSA) is 53.6 Å². The van der Waals surface area contributed by atoms with Crippen molar-refractivity contribution in [2.24, 2.45) is 16.6 Å². The Morgan fingerprint density at radius 2 is 1.88 bits per heavy atom. The Morgan fingerprint density at radius 1 is 1.21 bits per heavy atom. The molecule has 2 fully saturated rings. The second-order valence-electron chi connectivity index (χ2n) is 7.07. The minimum atomic E-state index is 0. The van der Waals surface area contributed by atoms with Crippen molar-refractivity contribution in [2.45, 2.75) is 45.1 Å². The molecule has 0 bridgehead atoms. The Morgan fingerprint density at radius 3 is 2.46 bits per heavy atom. The molecular weight excluding hydrogens is 411 g/mol. The van der Waals surface area contributed by atoms with Gasteiger partial charge >= 0.3 is 0 Å². The van der Waals surface area contributed by atoms with Crippen LogP contribution in [-0.2, 0) is 0 Å². The van der Waals surface area contributed by atoms with Gasteiger partial charge in [0.15, 0.2) is 5.96 Å². The van der Waals surface area contributed by atoms with E-state index in [1.807, 2.05) is 0 Å². The molecule has 4 nitrogen and oxygen atoms in total. The molecule has 1 saturated heterocycles. The molecule has 24 heavy (non-hydrogen) atoms. The Hall–Kier alpha value is -0.820. The van der Waals surface area contributed by atoms with E-state index in [9.17, 15) is 0 Å². The minimum Gasteiger partial charge on any atom is -0.370 e. The van der Waals surface area contributed by atoms with Crippen molar-refractivity contribution in [1.82, 2.24) is 10.2 Å². The molecular formula is C19H31IN4. The molecule has 0 aromatic heterocycles. The number of nitrogens with two attached hydrogens (primary N) is 1. The highest BCUT2D eigenvalue weighted by Gasteiger charge is 2.23. The van der Waals surface area contributed by atoms with Crippen LogP contribution in [0.25, 0.3) is 0 Å². The zero-order chi connectivity index (χ0) is 16.1. The molecule has 1 atom stereocenters. The van der Waals surface area contributed by atoms with Crippen LogP contribution in [0.15, 0.2) is 29.3 Å². The monoisotopic (exact) mass is 442 g/mol. The van der Waals surface area contributed by atoms with Crippen LogP contribution in [0.2, 0.25) is 0 Å². The van der Waals surface area contributed by atoms with Crippen LogP contribution >= 0.6 is 24.0 Å². The van der Waals surface area contributed by atoms with Gasteiger partial charge in [-0.2, -0.15) is 0 Å². The van der Waals surface area contributed by atoms with Crippen molar-refractivity contribution in [3.05, 3.63) is 35.4 Å². The molecule has 1 aromatic rings. The van der Waals surface area contributed by atoms with Crippen LogP contribution < -0.4 is 11.1 Å². The van der Waals surface area contributed by atoms with E-state index in [0.717, 1.165) is 19.0 Å². The van der Waals surface area contributed by atoms with Crippen LogP contribution in [-0.4, -0.2) is 37.0 Å². The second-order valence-corrected chi connectivity index (χ2v) is 7.07. The van der Waals surface area contributed by atoms with E-state index in [1.165, 1.54) is 56.3 Å². The fourth-order valence-electron chi connectivity index (χ4n) is 3.46. The normalized spacial score (nSPS) is 20.3. The van der Waals surface area contributed by atoms with E-state index in [0.29, 0.717) is 12.0 Å². The first-order chi connectivity index (χ1) is 11.2. The summed E-state index contributed by atoms with van der Waals surface area (Å²) in [6, 6.07) is 9.22. The highest BCUT2D eigenvalue weighted by atomic mass is 127. The maximum atomic E-state index is 6.07. The van der Waals surface area contributed by atoms with E-state index >= 15 is 0 Å². The maximum absolute atomic E-state index is 6.07. The molecule has 1 aliphatic heterocycles. The first-order valence-electron chi connectivity index (χ1n) is 9.07. The average molecular weight is 442 g/mol. The van der Waals surface area contributed by atoms with Crippen molar-refractivity contribution in [1.29, 1.82) is 0 Å². The number of guanidine groups is 1. The van der Waals surface area contributed by atoms with Crippen LogP contribution in [0.3, 0.4) is 0 Å². The molecule has 3 rings (SSSR count). The Bertz CT molecular complexity index is 519. The van der Waals surface area contributed by atoms with Gasteiger partial charge in [-0.1, -0.05) is 36.2 Å². The van der Waals surface area contributed by atoms with Crippen LogP contribution in [0.1, 0.15) is 49.3 Å². The molecule has 1 aliphatic carbocycles. The fourth-order valence-corrected chi connectivity index (χ4v) is 3.46. The fraction of sp³-hybridized carbons (Fsp3) is 0.632. The number of aryl methyl sites for hydroxylation is 1. The Kier molecular flexibility index (Phi) is 7.81. The summed E-state index contributed by atoms with van der Waals surface area (Å²) in [6.45, 7) is 6.20. The minimum absolute atomic E-state index is 0. The quantitative estimate of drug-likeness (QED) is 0.403. The lowest BCUT2D eigenvalue weighted by atomic mass is 9.85. The van der Waals surface area contributed by atoms with Crippen molar-refractivity contribution in [2.75, 3.05) is 26.2 Å². The zero-order valence-corrected chi connectivity index (χ0v) is 17.0. The van der Waals surface area contributed by atoms with Gasteiger partial charge in [0.25, 0.3) is 0 Å². The summed E-state index contributed by atoms with van der Waals surface area (Å²) in [4.78, 5) is 7.19. The number of nitrogens with zero attached hydrogens (tertiary/aromatic N) is 2. The predicted molar refractivity (Wildman–Crippen MR) is 112 cm³/mol. The summed E-state index contributed by atoms with van der Waals surface area (Å²) in [6.07, 6.45) is 6.62. The smallest absolute Gasteiger partial charge is 0.188 e. The number of nitrogens with one attached hydrogen (secondary N) is 1. The summed E-state index contributed by atoms with van der Waals surface area (Å²) in [5, 5.41) is 3.30. The van der Waals surface area contributed by atoms with E-state index in [4.69, 9.17) is 5.73 Å². The number of hydrogen-bond acceptors (Lipinski definition) is 2. The maximum Gasteiger partial charge on any atom is 0.188 e. The van der Waals surface area contributed by atoms with Gasteiger partial charge in [0.1, 0.15) is 0 Å².